The van der Waals surface area contributed by atoms with Gasteiger partial charge >= 0.3 is 0 Å². The predicted octanol–water partition coefficient (Wildman–Crippen LogP) is 2.04. The molecule has 96 valence electrons. The molecule has 4 heteroatoms. The van der Waals surface area contributed by atoms with Crippen LogP contribution in [0, 0.1) is 0 Å². The topological polar surface area (TPSA) is 29.0 Å². The van der Waals surface area contributed by atoms with Crippen LogP contribution in [0.4, 0.5) is 0 Å². The van der Waals surface area contributed by atoms with E-state index in [2.05, 4.69) is 62.6 Å². The molecular formula is C14H18BrN3. The molecule has 0 aliphatic carbocycles. The van der Waals surface area contributed by atoms with E-state index in [9.17, 15) is 0 Å². The Bertz CT molecular complexity index is 555. The molecule has 3 rings (SSSR count). The molecule has 2 N–H and O–H groups in total. The number of rotatable bonds is 2. The van der Waals surface area contributed by atoms with Crippen LogP contribution in [0.2, 0.25) is 0 Å². The summed E-state index contributed by atoms with van der Waals surface area (Å²) in [7, 11) is 2.12. The highest BCUT2D eigenvalue weighted by atomic mass is 79.9. The van der Waals surface area contributed by atoms with Crippen LogP contribution in [0.5, 0.6) is 0 Å². The largest absolute Gasteiger partial charge is 0.350 e. The Labute approximate surface area is 116 Å². The number of hydrogen-bond donors (Lipinski definition) is 2. The first-order valence-corrected chi connectivity index (χ1v) is 7.21. The van der Waals surface area contributed by atoms with Crippen LogP contribution in [-0.2, 0) is 13.5 Å². The summed E-state index contributed by atoms with van der Waals surface area (Å²) in [5.41, 5.74) is 2.73. The van der Waals surface area contributed by atoms with E-state index in [1.54, 1.807) is 0 Å². The summed E-state index contributed by atoms with van der Waals surface area (Å²) in [4.78, 5) is 0. The SMILES string of the molecule is Cn1cc(CC2CNCCN2)c2cc(Br)ccc21. The van der Waals surface area contributed by atoms with Crippen LogP contribution in [0.1, 0.15) is 5.56 Å². The number of hydrogen-bond acceptors (Lipinski definition) is 2. The second-order valence-electron chi connectivity index (χ2n) is 4.99. The Morgan fingerprint density at radius 3 is 3.06 bits per heavy atom. The van der Waals surface area contributed by atoms with Crippen molar-refractivity contribution < 1.29 is 0 Å². The summed E-state index contributed by atoms with van der Waals surface area (Å²) in [6.45, 7) is 3.21. The van der Waals surface area contributed by atoms with Crippen LogP contribution in [0.3, 0.4) is 0 Å². The second-order valence-corrected chi connectivity index (χ2v) is 5.90. The highest BCUT2D eigenvalue weighted by Gasteiger charge is 2.15. The number of nitrogens with zero attached hydrogens (tertiary/aromatic N) is 1. The van der Waals surface area contributed by atoms with E-state index in [0.717, 1.165) is 30.5 Å². The Hall–Kier alpha value is -0.840. The highest BCUT2D eigenvalue weighted by molar-refractivity contribution is 9.10. The third-order valence-corrected chi connectivity index (χ3v) is 4.12. The normalized spacial score (nSPS) is 20.4. The van der Waals surface area contributed by atoms with E-state index >= 15 is 0 Å². The maximum absolute atomic E-state index is 3.57. The Morgan fingerprint density at radius 2 is 2.28 bits per heavy atom. The summed E-state index contributed by atoms with van der Waals surface area (Å²) < 4.78 is 3.37. The molecule has 1 aromatic heterocycles. The number of aromatic nitrogens is 1. The molecule has 1 aliphatic rings. The lowest BCUT2D eigenvalue weighted by Gasteiger charge is -2.24. The van der Waals surface area contributed by atoms with Crippen LogP contribution in [0.15, 0.2) is 28.9 Å². The van der Waals surface area contributed by atoms with Gasteiger partial charge in [0.1, 0.15) is 0 Å². The fourth-order valence-electron chi connectivity index (χ4n) is 2.73. The Balaban J connectivity index is 1.93. The average molecular weight is 308 g/mol. The van der Waals surface area contributed by atoms with Gasteiger partial charge in [-0.2, -0.15) is 0 Å². The molecule has 1 unspecified atom stereocenters. The van der Waals surface area contributed by atoms with Gasteiger partial charge in [0.15, 0.2) is 0 Å². The van der Waals surface area contributed by atoms with E-state index in [0.29, 0.717) is 6.04 Å². The molecule has 1 fully saturated rings. The minimum Gasteiger partial charge on any atom is -0.350 e. The van der Waals surface area contributed by atoms with E-state index in [4.69, 9.17) is 0 Å². The summed E-state index contributed by atoms with van der Waals surface area (Å²) in [6.07, 6.45) is 3.34. The van der Waals surface area contributed by atoms with E-state index in [1.807, 2.05) is 0 Å². The van der Waals surface area contributed by atoms with Gasteiger partial charge in [-0.05, 0) is 30.2 Å². The van der Waals surface area contributed by atoms with E-state index in [1.165, 1.54) is 16.5 Å². The standard InChI is InChI=1S/C14H18BrN3/c1-18-9-10(6-12-8-16-4-5-17-12)13-7-11(15)2-3-14(13)18/h2-3,7,9,12,16-17H,4-6,8H2,1H3. The lowest BCUT2D eigenvalue weighted by atomic mass is 10.0. The Kier molecular flexibility index (Phi) is 3.41. The average Bonchev–Trinajstić information content (AvgIpc) is 2.67. The smallest absolute Gasteiger partial charge is 0.0481 e. The maximum atomic E-state index is 3.57. The molecule has 0 spiro atoms. The lowest BCUT2D eigenvalue weighted by molar-refractivity contribution is 0.417. The number of fused-ring (bicyclic) bond motifs is 1. The van der Waals surface area contributed by atoms with Crippen molar-refractivity contribution in [2.45, 2.75) is 12.5 Å². The molecule has 0 bridgehead atoms. The Morgan fingerprint density at radius 1 is 1.39 bits per heavy atom. The molecular weight excluding hydrogens is 290 g/mol. The third kappa shape index (κ3) is 2.32. The van der Waals surface area contributed by atoms with Crippen LogP contribution < -0.4 is 10.6 Å². The van der Waals surface area contributed by atoms with Crippen molar-refractivity contribution in [2.75, 3.05) is 19.6 Å². The zero-order chi connectivity index (χ0) is 12.5. The van der Waals surface area contributed by atoms with Crippen LogP contribution in [-0.4, -0.2) is 30.2 Å². The van der Waals surface area contributed by atoms with E-state index < -0.39 is 0 Å². The summed E-state index contributed by atoms with van der Waals surface area (Å²) in [6, 6.07) is 7.05. The summed E-state index contributed by atoms with van der Waals surface area (Å²) >= 11 is 3.56. The lowest BCUT2D eigenvalue weighted by Crippen LogP contribution is -2.49. The first kappa shape index (κ1) is 12.2. The van der Waals surface area contributed by atoms with Crippen molar-refractivity contribution in [3.05, 3.63) is 34.4 Å². The maximum Gasteiger partial charge on any atom is 0.0481 e. The number of nitrogens with one attached hydrogen (secondary N) is 2. The molecule has 0 amide bonds. The monoisotopic (exact) mass is 307 g/mol. The van der Waals surface area contributed by atoms with Crippen LogP contribution in [0.25, 0.3) is 10.9 Å². The van der Waals surface area contributed by atoms with Gasteiger partial charge in [0.2, 0.25) is 0 Å². The van der Waals surface area contributed by atoms with Gasteiger partial charge in [-0.3, -0.25) is 0 Å². The quantitative estimate of drug-likeness (QED) is 0.889. The van der Waals surface area contributed by atoms with Gasteiger partial charge in [-0.15, -0.1) is 0 Å². The van der Waals surface area contributed by atoms with Crippen molar-refractivity contribution in [2.24, 2.45) is 7.05 Å². The fraction of sp³-hybridized carbons (Fsp3) is 0.429. The predicted molar refractivity (Wildman–Crippen MR) is 79.0 cm³/mol. The van der Waals surface area contributed by atoms with Crippen molar-refractivity contribution in [3.63, 3.8) is 0 Å². The summed E-state index contributed by atoms with van der Waals surface area (Å²) in [5, 5.41) is 8.38. The first-order valence-electron chi connectivity index (χ1n) is 6.41. The minimum atomic E-state index is 0.545. The van der Waals surface area contributed by atoms with Crippen molar-refractivity contribution >= 4 is 26.8 Å². The van der Waals surface area contributed by atoms with Crippen molar-refractivity contribution in [3.8, 4) is 0 Å². The van der Waals surface area contributed by atoms with Gasteiger partial charge in [-0.1, -0.05) is 15.9 Å². The van der Waals surface area contributed by atoms with E-state index in [-0.39, 0.29) is 0 Å². The molecule has 0 radical (unpaired) electrons. The second kappa shape index (κ2) is 5.03. The number of halogens is 1. The summed E-state index contributed by atoms with van der Waals surface area (Å²) in [5.74, 6) is 0. The minimum absolute atomic E-state index is 0.545. The number of aryl methyl sites for hydroxylation is 1. The molecule has 18 heavy (non-hydrogen) atoms. The van der Waals surface area contributed by atoms with Crippen molar-refractivity contribution in [1.29, 1.82) is 0 Å². The van der Waals surface area contributed by atoms with Crippen LogP contribution >= 0.6 is 15.9 Å². The van der Waals surface area contributed by atoms with Gasteiger partial charge < -0.3 is 15.2 Å². The first-order chi connectivity index (χ1) is 8.74. The zero-order valence-corrected chi connectivity index (χ0v) is 12.1. The molecule has 2 aromatic rings. The molecule has 1 aromatic carbocycles. The number of benzene rings is 1. The van der Waals surface area contributed by atoms with Gasteiger partial charge in [0.05, 0.1) is 0 Å². The van der Waals surface area contributed by atoms with Crippen molar-refractivity contribution in [1.82, 2.24) is 15.2 Å². The fourth-order valence-corrected chi connectivity index (χ4v) is 3.09. The van der Waals surface area contributed by atoms with Gasteiger partial charge in [0.25, 0.3) is 0 Å². The third-order valence-electron chi connectivity index (χ3n) is 3.63. The highest BCUT2D eigenvalue weighted by Crippen LogP contribution is 2.25. The van der Waals surface area contributed by atoms with Gasteiger partial charge in [-0.25, -0.2) is 0 Å². The number of piperazine rings is 1. The zero-order valence-electron chi connectivity index (χ0n) is 10.5. The molecule has 1 aliphatic heterocycles. The molecule has 3 nitrogen and oxygen atoms in total. The molecule has 2 heterocycles. The molecule has 1 atom stereocenters. The molecule has 0 saturated carbocycles. The molecule has 1 saturated heterocycles. The van der Waals surface area contributed by atoms with Gasteiger partial charge in [0, 0.05) is 54.3 Å².